The average Bonchev–Trinajstić information content (AvgIpc) is 2.82. The SMILES string of the molecule is COC(=O)c1ccc(-c2ccc(C(=O)O)c(-c3ccc(C(=O)OC)cc3)c2C(=O)O)cc1. The first-order valence-electron chi connectivity index (χ1n) is 9.29. The molecule has 162 valence electrons. The van der Waals surface area contributed by atoms with Gasteiger partial charge in [0.25, 0.3) is 0 Å². The smallest absolute Gasteiger partial charge is 0.337 e. The Morgan fingerprint density at radius 3 is 1.50 bits per heavy atom. The highest BCUT2D eigenvalue weighted by atomic mass is 16.5. The van der Waals surface area contributed by atoms with Gasteiger partial charge in [-0.1, -0.05) is 30.3 Å². The number of benzene rings is 3. The van der Waals surface area contributed by atoms with Crippen LogP contribution in [0.3, 0.4) is 0 Å². The molecule has 0 aliphatic rings. The minimum Gasteiger partial charge on any atom is -0.478 e. The number of methoxy groups -OCH3 is 2. The molecule has 0 heterocycles. The summed E-state index contributed by atoms with van der Waals surface area (Å²) in [4.78, 5) is 47.5. The fourth-order valence-corrected chi connectivity index (χ4v) is 3.34. The largest absolute Gasteiger partial charge is 0.478 e. The molecule has 0 atom stereocenters. The van der Waals surface area contributed by atoms with E-state index in [9.17, 15) is 29.4 Å². The minimum absolute atomic E-state index is 0.00374. The lowest BCUT2D eigenvalue weighted by molar-refractivity contribution is 0.0592. The van der Waals surface area contributed by atoms with Crippen LogP contribution in [0.4, 0.5) is 0 Å². The zero-order valence-electron chi connectivity index (χ0n) is 17.1. The fraction of sp³-hybridized carbons (Fsp3) is 0.0833. The van der Waals surface area contributed by atoms with E-state index in [1.807, 2.05) is 0 Å². The Labute approximate surface area is 182 Å². The summed E-state index contributed by atoms with van der Waals surface area (Å²) in [7, 11) is 2.48. The van der Waals surface area contributed by atoms with Gasteiger partial charge in [-0.3, -0.25) is 0 Å². The summed E-state index contributed by atoms with van der Waals surface area (Å²) < 4.78 is 9.32. The number of carboxylic acids is 2. The molecule has 3 aromatic rings. The summed E-state index contributed by atoms with van der Waals surface area (Å²) in [5.41, 5.74) is 1.14. The topological polar surface area (TPSA) is 127 Å². The summed E-state index contributed by atoms with van der Waals surface area (Å²) >= 11 is 0. The van der Waals surface area contributed by atoms with E-state index in [1.165, 1.54) is 62.8 Å². The van der Waals surface area contributed by atoms with Crippen LogP contribution in [0.5, 0.6) is 0 Å². The fourth-order valence-electron chi connectivity index (χ4n) is 3.34. The van der Waals surface area contributed by atoms with Gasteiger partial charge < -0.3 is 19.7 Å². The summed E-state index contributed by atoms with van der Waals surface area (Å²) in [6, 6.07) is 14.6. The number of hydrogen-bond donors (Lipinski definition) is 2. The van der Waals surface area contributed by atoms with Crippen LogP contribution in [0, 0.1) is 0 Å². The summed E-state index contributed by atoms with van der Waals surface area (Å²) in [6.07, 6.45) is 0. The molecule has 0 saturated heterocycles. The van der Waals surface area contributed by atoms with Gasteiger partial charge in [-0.2, -0.15) is 0 Å². The number of aromatic carboxylic acids is 2. The van der Waals surface area contributed by atoms with Crippen molar-refractivity contribution >= 4 is 23.9 Å². The number of hydrogen-bond acceptors (Lipinski definition) is 6. The first kappa shape index (κ1) is 22.2. The molecule has 0 aromatic heterocycles. The maximum atomic E-state index is 12.3. The van der Waals surface area contributed by atoms with Crippen molar-refractivity contribution in [2.24, 2.45) is 0 Å². The van der Waals surface area contributed by atoms with Crippen LogP contribution in [-0.4, -0.2) is 48.3 Å². The molecule has 0 saturated carbocycles. The Kier molecular flexibility index (Phi) is 6.34. The zero-order chi connectivity index (χ0) is 23.4. The van der Waals surface area contributed by atoms with E-state index in [2.05, 4.69) is 9.47 Å². The Morgan fingerprint density at radius 2 is 1.09 bits per heavy atom. The van der Waals surface area contributed by atoms with Gasteiger partial charge in [-0.25, -0.2) is 19.2 Å². The number of rotatable bonds is 6. The van der Waals surface area contributed by atoms with Gasteiger partial charge in [0, 0.05) is 5.56 Å². The predicted molar refractivity (Wildman–Crippen MR) is 114 cm³/mol. The van der Waals surface area contributed by atoms with Crippen molar-refractivity contribution in [1.82, 2.24) is 0 Å². The Hall–Kier alpha value is -4.46. The molecular weight excluding hydrogens is 416 g/mol. The van der Waals surface area contributed by atoms with Gasteiger partial charge in [0.2, 0.25) is 0 Å². The third kappa shape index (κ3) is 4.20. The van der Waals surface area contributed by atoms with Gasteiger partial charge in [0.15, 0.2) is 0 Å². The lowest BCUT2D eigenvalue weighted by atomic mass is 9.87. The molecule has 3 aromatic carbocycles. The first-order chi connectivity index (χ1) is 15.3. The van der Waals surface area contributed by atoms with Crippen LogP contribution in [0.2, 0.25) is 0 Å². The highest BCUT2D eigenvalue weighted by Crippen LogP contribution is 2.36. The van der Waals surface area contributed by atoms with Gasteiger partial charge >= 0.3 is 23.9 Å². The molecule has 2 N–H and O–H groups in total. The van der Waals surface area contributed by atoms with E-state index in [4.69, 9.17) is 0 Å². The van der Waals surface area contributed by atoms with Crippen molar-refractivity contribution in [3.05, 3.63) is 82.9 Å². The number of carbonyl (C=O) groups is 4. The Balaban J connectivity index is 2.24. The number of carboxylic acid groups (broad SMARTS) is 2. The molecule has 0 spiro atoms. The average molecular weight is 434 g/mol. The molecule has 8 nitrogen and oxygen atoms in total. The first-order valence-corrected chi connectivity index (χ1v) is 9.29. The maximum Gasteiger partial charge on any atom is 0.337 e. The van der Waals surface area contributed by atoms with Crippen molar-refractivity contribution in [2.45, 2.75) is 0 Å². The minimum atomic E-state index is -1.33. The quantitative estimate of drug-likeness (QED) is 0.558. The molecule has 0 fully saturated rings. The van der Waals surface area contributed by atoms with Gasteiger partial charge in [0.1, 0.15) is 0 Å². The van der Waals surface area contributed by atoms with Crippen LogP contribution in [0.25, 0.3) is 22.3 Å². The van der Waals surface area contributed by atoms with E-state index in [1.54, 1.807) is 12.1 Å². The molecule has 0 radical (unpaired) electrons. The molecule has 0 amide bonds. The van der Waals surface area contributed by atoms with Crippen molar-refractivity contribution in [3.8, 4) is 22.3 Å². The molecule has 0 aliphatic heterocycles. The molecule has 0 bridgehead atoms. The van der Waals surface area contributed by atoms with Crippen molar-refractivity contribution < 1.29 is 38.9 Å². The number of ether oxygens (including phenoxy) is 2. The molecular formula is C24H18O8. The summed E-state index contributed by atoms with van der Waals surface area (Å²) in [5, 5.41) is 19.7. The molecule has 0 aliphatic carbocycles. The molecule has 3 rings (SSSR count). The molecule has 32 heavy (non-hydrogen) atoms. The number of carbonyl (C=O) groups excluding carboxylic acids is 2. The van der Waals surface area contributed by atoms with Gasteiger partial charge in [-0.15, -0.1) is 0 Å². The van der Waals surface area contributed by atoms with Crippen molar-refractivity contribution in [2.75, 3.05) is 14.2 Å². The van der Waals surface area contributed by atoms with Crippen molar-refractivity contribution in [1.29, 1.82) is 0 Å². The highest BCUT2D eigenvalue weighted by Gasteiger charge is 2.24. The third-order valence-electron chi connectivity index (χ3n) is 4.86. The maximum absolute atomic E-state index is 12.3. The van der Waals surface area contributed by atoms with Crippen molar-refractivity contribution in [3.63, 3.8) is 0 Å². The van der Waals surface area contributed by atoms with E-state index in [0.29, 0.717) is 11.1 Å². The summed E-state index contributed by atoms with van der Waals surface area (Å²) in [5.74, 6) is -3.74. The van der Waals surface area contributed by atoms with Crippen LogP contribution in [-0.2, 0) is 9.47 Å². The Morgan fingerprint density at radius 1 is 0.625 bits per heavy atom. The monoisotopic (exact) mass is 434 g/mol. The standard InChI is InChI=1S/C24H18O8/c1-31-23(29)15-7-3-13(4-8-15)17-11-12-18(21(25)26)19(20(17)22(27)28)14-5-9-16(10-6-14)24(30)32-2/h3-12H,1-2H3,(H,25,26)(H,27,28). The van der Waals surface area contributed by atoms with Crippen LogP contribution in [0.15, 0.2) is 60.7 Å². The predicted octanol–water partition coefficient (Wildman–Crippen LogP) is 3.99. The second-order valence-electron chi connectivity index (χ2n) is 6.66. The second-order valence-corrected chi connectivity index (χ2v) is 6.66. The summed E-state index contributed by atoms with van der Waals surface area (Å²) in [6.45, 7) is 0. The normalized spacial score (nSPS) is 10.3. The Bertz CT molecular complexity index is 1210. The van der Waals surface area contributed by atoms with E-state index < -0.39 is 23.9 Å². The number of esters is 2. The zero-order valence-corrected chi connectivity index (χ0v) is 17.1. The van der Waals surface area contributed by atoms with E-state index in [-0.39, 0.29) is 33.4 Å². The van der Waals surface area contributed by atoms with Crippen LogP contribution < -0.4 is 0 Å². The molecule has 8 heteroatoms. The van der Waals surface area contributed by atoms with Gasteiger partial charge in [0.05, 0.1) is 36.5 Å². The lowest BCUT2D eigenvalue weighted by Crippen LogP contribution is -2.09. The van der Waals surface area contributed by atoms with E-state index >= 15 is 0 Å². The van der Waals surface area contributed by atoms with Crippen LogP contribution >= 0.6 is 0 Å². The second kappa shape index (κ2) is 9.13. The van der Waals surface area contributed by atoms with Crippen LogP contribution in [0.1, 0.15) is 41.4 Å². The van der Waals surface area contributed by atoms with Gasteiger partial charge in [-0.05, 0) is 47.0 Å². The van der Waals surface area contributed by atoms with E-state index in [0.717, 1.165) is 0 Å². The lowest BCUT2D eigenvalue weighted by Gasteiger charge is -2.16. The highest BCUT2D eigenvalue weighted by molar-refractivity contribution is 6.09. The third-order valence-corrected chi connectivity index (χ3v) is 4.86. The molecule has 0 unspecified atom stereocenters.